The van der Waals surface area contributed by atoms with Gasteiger partial charge in [0.25, 0.3) is 0 Å². The number of carboxylic acids is 1. The van der Waals surface area contributed by atoms with E-state index in [1.807, 2.05) is 0 Å². The Balaban J connectivity index is 4.48. The number of ether oxygens (including phenoxy) is 1. The van der Waals surface area contributed by atoms with Crippen LogP contribution in [0.4, 0.5) is 0 Å². The van der Waals surface area contributed by atoms with Crippen LogP contribution < -0.4 is 0 Å². The summed E-state index contributed by atoms with van der Waals surface area (Å²) in [5, 5.41) is 9.67. The van der Waals surface area contributed by atoms with Crippen molar-refractivity contribution in [2.45, 2.75) is 118 Å². The van der Waals surface area contributed by atoms with Gasteiger partial charge in [0.1, 0.15) is 0 Å². The molecule has 0 saturated heterocycles. The molecule has 0 radical (unpaired) electrons. The van der Waals surface area contributed by atoms with Crippen LogP contribution in [0.25, 0.3) is 0 Å². The summed E-state index contributed by atoms with van der Waals surface area (Å²) in [5.74, 6) is -2.14. The van der Waals surface area contributed by atoms with Gasteiger partial charge in [0.05, 0.1) is 19.4 Å². The number of carbonyl (C=O) groups is 2. The first-order chi connectivity index (χ1) is 14.2. The van der Waals surface area contributed by atoms with Crippen LogP contribution in [0.3, 0.4) is 0 Å². The second-order valence-electron chi connectivity index (χ2n) is 9.89. The molecule has 1 N–H and O–H groups in total. The number of allylic oxidation sites excluding steroid dienone is 2. The molecule has 0 saturated carbocycles. The monoisotopic (exact) mass is 424 g/mol. The molecule has 0 fully saturated rings. The van der Waals surface area contributed by atoms with E-state index in [2.05, 4.69) is 39.8 Å². The summed E-state index contributed by atoms with van der Waals surface area (Å²) < 4.78 is 4.72. The van der Waals surface area contributed by atoms with Gasteiger partial charge in [0, 0.05) is 0 Å². The van der Waals surface area contributed by atoms with Crippen molar-refractivity contribution in [3.05, 3.63) is 12.2 Å². The van der Waals surface area contributed by atoms with Crippen LogP contribution in [0, 0.1) is 17.3 Å². The third kappa shape index (κ3) is 16.5. The Hall–Kier alpha value is -1.32. The summed E-state index contributed by atoms with van der Waals surface area (Å²) in [6, 6.07) is 0. The maximum Gasteiger partial charge on any atom is 0.307 e. The summed E-state index contributed by atoms with van der Waals surface area (Å²) in [5.41, 5.74) is 0.430. The molecule has 0 bridgehead atoms. The number of carboxylic acid groups (broad SMARTS) is 1. The molecule has 0 aromatic rings. The summed E-state index contributed by atoms with van der Waals surface area (Å²) >= 11 is 0. The lowest BCUT2D eigenvalue weighted by Crippen LogP contribution is -2.26. The van der Waals surface area contributed by atoms with E-state index in [9.17, 15) is 14.7 Å². The van der Waals surface area contributed by atoms with Gasteiger partial charge in [-0.05, 0) is 37.0 Å². The highest BCUT2D eigenvalue weighted by Crippen LogP contribution is 2.26. The van der Waals surface area contributed by atoms with Crippen molar-refractivity contribution < 1.29 is 19.4 Å². The van der Waals surface area contributed by atoms with Crippen LogP contribution >= 0.6 is 0 Å². The first kappa shape index (κ1) is 28.7. The molecular formula is C26H48O4. The number of carbonyl (C=O) groups excluding carboxylic acids is 1. The van der Waals surface area contributed by atoms with Crippen molar-refractivity contribution in [1.29, 1.82) is 0 Å². The zero-order chi connectivity index (χ0) is 22.8. The molecule has 2 atom stereocenters. The van der Waals surface area contributed by atoms with E-state index in [1.54, 1.807) is 0 Å². The van der Waals surface area contributed by atoms with Gasteiger partial charge >= 0.3 is 11.9 Å². The van der Waals surface area contributed by atoms with E-state index in [-0.39, 0.29) is 12.3 Å². The molecule has 0 heterocycles. The fourth-order valence-corrected chi connectivity index (χ4v) is 3.82. The van der Waals surface area contributed by atoms with Gasteiger partial charge in [-0.3, -0.25) is 9.59 Å². The Morgan fingerprint density at radius 2 is 1.53 bits per heavy atom. The maximum atomic E-state index is 11.8. The number of hydrogen-bond donors (Lipinski definition) is 1. The molecule has 0 aliphatic rings. The molecule has 2 unspecified atom stereocenters. The third-order valence-electron chi connectivity index (χ3n) is 5.77. The van der Waals surface area contributed by atoms with E-state index in [0.717, 1.165) is 32.1 Å². The largest absolute Gasteiger partial charge is 0.481 e. The Bertz CT molecular complexity index is 476. The Morgan fingerprint density at radius 3 is 2.13 bits per heavy atom. The molecule has 0 spiro atoms. The summed E-state index contributed by atoms with van der Waals surface area (Å²) in [6.07, 6.45) is 19.2. The number of methoxy groups -OCH3 is 1. The van der Waals surface area contributed by atoms with Crippen molar-refractivity contribution in [1.82, 2.24) is 0 Å². The van der Waals surface area contributed by atoms with Crippen LogP contribution in [0.2, 0.25) is 0 Å². The lowest BCUT2D eigenvalue weighted by Gasteiger charge is -2.20. The molecule has 30 heavy (non-hydrogen) atoms. The summed E-state index contributed by atoms with van der Waals surface area (Å²) in [7, 11) is 1.32. The van der Waals surface area contributed by atoms with E-state index in [4.69, 9.17) is 4.74 Å². The zero-order valence-corrected chi connectivity index (χ0v) is 20.4. The van der Waals surface area contributed by atoms with Crippen LogP contribution in [-0.4, -0.2) is 24.2 Å². The van der Waals surface area contributed by atoms with Gasteiger partial charge in [-0.15, -0.1) is 0 Å². The molecule has 0 amide bonds. The Labute approximate surface area is 185 Å². The minimum atomic E-state index is -0.901. The number of aliphatic carboxylic acids is 1. The molecule has 0 aliphatic carbocycles. The molecule has 0 aliphatic heterocycles. The van der Waals surface area contributed by atoms with Gasteiger partial charge in [-0.2, -0.15) is 0 Å². The normalized spacial score (nSPS) is 14.0. The smallest absolute Gasteiger partial charge is 0.307 e. The highest BCUT2D eigenvalue weighted by molar-refractivity contribution is 5.79. The van der Waals surface area contributed by atoms with Crippen LogP contribution in [0.15, 0.2) is 12.2 Å². The second kappa shape index (κ2) is 17.4. The SMILES string of the molecule is CCCCCCCC(/C=C/CCCCCCCC(C)(C)C)C(CC(=O)OC)C(=O)O. The number of hydrogen-bond acceptors (Lipinski definition) is 3. The standard InChI is InChI=1S/C26H48O4/c1-6-7-8-12-15-18-22(23(25(28)29)21-24(27)30-5)19-16-13-10-9-11-14-17-20-26(2,3)4/h16,19,22-23H,6-15,17-18,20-21H2,1-5H3,(H,28,29)/b19-16+. The van der Waals surface area contributed by atoms with Gasteiger partial charge in [-0.1, -0.05) is 97.6 Å². The topological polar surface area (TPSA) is 63.6 Å². The van der Waals surface area contributed by atoms with E-state index >= 15 is 0 Å². The summed E-state index contributed by atoms with van der Waals surface area (Å²) in [6.45, 7) is 9.07. The van der Waals surface area contributed by atoms with E-state index in [0.29, 0.717) is 5.41 Å². The van der Waals surface area contributed by atoms with Crippen molar-refractivity contribution in [3.63, 3.8) is 0 Å². The fraction of sp³-hybridized carbons (Fsp3) is 0.846. The first-order valence-electron chi connectivity index (χ1n) is 12.2. The van der Waals surface area contributed by atoms with Gasteiger partial charge in [0.15, 0.2) is 0 Å². The predicted octanol–water partition coefficient (Wildman–Crippen LogP) is 7.56. The minimum absolute atomic E-state index is 0.0520. The molecule has 176 valence electrons. The second-order valence-corrected chi connectivity index (χ2v) is 9.89. The molecule has 4 heteroatoms. The molecule has 0 aromatic carbocycles. The molecular weight excluding hydrogens is 376 g/mol. The Morgan fingerprint density at radius 1 is 0.933 bits per heavy atom. The predicted molar refractivity (Wildman–Crippen MR) is 126 cm³/mol. The fourth-order valence-electron chi connectivity index (χ4n) is 3.82. The van der Waals surface area contributed by atoms with Crippen LogP contribution in [-0.2, 0) is 14.3 Å². The average Bonchev–Trinajstić information content (AvgIpc) is 2.67. The number of esters is 1. The number of rotatable bonds is 18. The van der Waals surface area contributed by atoms with E-state index in [1.165, 1.54) is 58.5 Å². The van der Waals surface area contributed by atoms with Crippen molar-refractivity contribution in [2.75, 3.05) is 7.11 Å². The van der Waals surface area contributed by atoms with Crippen molar-refractivity contribution in [3.8, 4) is 0 Å². The van der Waals surface area contributed by atoms with E-state index < -0.39 is 17.9 Å². The number of unbranched alkanes of at least 4 members (excludes halogenated alkanes) is 9. The third-order valence-corrected chi connectivity index (χ3v) is 5.77. The lowest BCUT2D eigenvalue weighted by molar-refractivity contribution is -0.151. The van der Waals surface area contributed by atoms with Gasteiger partial charge in [0.2, 0.25) is 0 Å². The average molecular weight is 425 g/mol. The van der Waals surface area contributed by atoms with Gasteiger partial charge < -0.3 is 9.84 Å². The Kier molecular flexibility index (Phi) is 16.6. The quantitative estimate of drug-likeness (QED) is 0.140. The highest BCUT2D eigenvalue weighted by atomic mass is 16.5. The zero-order valence-electron chi connectivity index (χ0n) is 20.4. The molecule has 0 rings (SSSR count). The molecule has 4 nitrogen and oxygen atoms in total. The van der Waals surface area contributed by atoms with Crippen LogP contribution in [0.5, 0.6) is 0 Å². The van der Waals surface area contributed by atoms with Crippen molar-refractivity contribution in [2.24, 2.45) is 17.3 Å². The summed E-state index contributed by atoms with van der Waals surface area (Å²) in [4.78, 5) is 23.5. The maximum absolute atomic E-state index is 11.8. The van der Waals surface area contributed by atoms with Crippen molar-refractivity contribution >= 4 is 11.9 Å². The molecule has 0 aromatic heterocycles. The minimum Gasteiger partial charge on any atom is -0.481 e. The van der Waals surface area contributed by atoms with Crippen LogP contribution in [0.1, 0.15) is 118 Å². The first-order valence-corrected chi connectivity index (χ1v) is 12.2. The lowest BCUT2D eigenvalue weighted by atomic mass is 9.84. The van der Waals surface area contributed by atoms with Gasteiger partial charge in [-0.25, -0.2) is 0 Å². The highest BCUT2D eigenvalue weighted by Gasteiger charge is 2.28.